The fourth-order valence-electron chi connectivity index (χ4n) is 3.02. The molecule has 20 heavy (non-hydrogen) atoms. The second kappa shape index (κ2) is 4.42. The maximum atomic E-state index is 10.2. The summed E-state index contributed by atoms with van der Waals surface area (Å²) in [5.74, 6) is 1.71. The lowest BCUT2D eigenvalue weighted by Gasteiger charge is -2.36. The summed E-state index contributed by atoms with van der Waals surface area (Å²) in [6, 6.07) is 0.134. The Morgan fingerprint density at radius 1 is 1.40 bits per heavy atom. The quantitative estimate of drug-likeness (QED) is 0.838. The van der Waals surface area contributed by atoms with Gasteiger partial charge in [-0.1, -0.05) is 24.3 Å². The summed E-state index contributed by atoms with van der Waals surface area (Å²) in [4.78, 5) is 2.11. The summed E-state index contributed by atoms with van der Waals surface area (Å²) in [5.41, 5.74) is 1.32. The van der Waals surface area contributed by atoms with Crippen LogP contribution in [0, 0.1) is 0 Å². The molecule has 2 heterocycles. The molecule has 1 aliphatic carbocycles. The Balaban J connectivity index is 2.03. The molecule has 2 atom stereocenters. The minimum Gasteiger partial charge on any atom is -0.496 e. The molecule has 108 valence electrons. The normalized spacial score (nSPS) is 28.6. The Hall–Kier alpha value is -1.68. The van der Waals surface area contributed by atoms with E-state index < -0.39 is 5.60 Å². The predicted molar refractivity (Wildman–Crippen MR) is 76.7 cm³/mol. The van der Waals surface area contributed by atoms with Crippen molar-refractivity contribution in [2.75, 3.05) is 14.2 Å². The van der Waals surface area contributed by atoms with Gasteiger partial charge < -0.3 is 19.5 Å². The number of hydrogen-bond acceptors (Lipinski definition) is 4. The zero-order valence-electron chi connectivity index (χ0n) is 12.4. The van der Waals surface area contributed by atoms with Crippen molar-refractivity contribution in [1.82, 2.24) is 4.90 Å². The fraction of sp³-hybridized carbons (Fsp3) is 0.500. The Morgan fingerprint density at radius 2 is 2.15 bits per heavy atom. The van der Waals surface area contributed by atoms with Crippen LogP contribution in [0.1, 0.15) is 20.3 Å². The van der Waals surface area contributed by atoms with Gasteiger partial charge in [0.05, 0.1) is 24.3 Å². The molecule has 2 unspecified atom stereocenters. The van der Waals surface area contributed by atoms with Crippen LogP contribution < -0.4 is 0 Å². The molecule has 0 saturated heterocycles. The molecule has 0 bridgehead atoms. The first-order chi connectivity index (χ1) is 9.43. The van der Waals surface area contributed by atoms with Gasteiger partial charge in [-0.15, -0.1) is 0 Å². The maximum Gasteiger partial charge on any atom is 0.197 e. The summed E-state index contributed by atoms with van der Waals surface area (Å²) in [6.07, 6.45) is 8.69. The number of likely N-dealkylation sites (N-methyl/N-ethyl adjacent to an activating group) is 1. The van der Waals surface area contributed by atoms with Gasteiger partial charge >= 0.3 is 0 Å². The van der Waals surface area contributed by atoms with E-state index in [1.54, 1.807) is 21.0 Å². The minimum atomic E-state index is -0.876. The highest BCUT2D eigenvalue weighted by Crippen LogP contribution is 2.43. The lowest BCUT2D eigenvalue weighted by molar-refractivity contribution is -0.0650. The van der Waals surface area contributed by atoms with Crippen molar-refractivity contribution in [2.24, 2.45) is 0 Å². The van der Waals surface area contributed by atoms with Crippen LogP contribution in [0.5, 0.6) is 0 Å². The van der Waals surface area contributed by atoms with Crippen LogP contribution in [0.2, 0.25) is 0 Å². The van der Waals surface area contributed by atoms with Crippen LogP contribution in [0.15, 0.2) is 47.1 Å². The van der Waals surface area contributed by atoms with E-state index in [1.165, 1.54) is 0 Å². The molecule has 3 aliphatic rings. The monoisotopic (exact) mass is 275 g/mol. The van der Waals surface area contributed by atoms with Crippen LogP contribution in [0.3, 0.4) is 0 Å². The molecule has 1 N–H and O–H groups in total. The number of allylic oxidation sites excluding steroid dienone is 3. The zero-order chi connectivity index (χ0) is 14.5. The summed E-state index contributed by atoms with van der Waals surface area (Å²) in [6.45, 7) is 3.56. The molecule has 0 aromatic rings. The van der Waals surface area contributed by atoms with E-state index in [2.05, 4.69) is 17.1 Å². The largest absolute Gasteiger partial charge is 0.496 e. The van der Waals surface area contributed by atoms with Gasteiger partial charge in [-0.2, -0.15) is 0 Å². The van der Waals surface area contributed by atoms with Gasteiger partial charge in [0, 0.05) is 19.0 Å². The van der Waals surface area contributed by atoms with Crippen molar-refractivity contribution in [2.45, 2.75) is 38.0 Å². The second-order valence-corrected chi connectivity index (χ2v) is 6.04. The highest BCUT2D eigenvalue weighted by Gasteiger charge is 2.43. The molecule has 4 heteroatoms. The molecular weight excluding hydrogens is 254 g/mol. The van der Waals surface area contributed by atoms with Crippen LogP contribution in [0.25, 0.3) is 0 Å². The van der Waals surface area contributed by atoms with Gasteiger partial charge in [0.1, 0.15) is 11.9 Å². The first-order valence-corrected chi connectivity index (χ1v) is 6.92. The first-order valence-electron chi connectivity index (χ1n) is 6.92. The number of methoxy groups -OCH3 is 1. The molecule has 0 spiro atoms. The number of aliphatic hydroxyl groups is 1. The van der Waals surface area contributed by atoms with Crippen molar-refractivity contribution in [3.05, 3.63) is 47.1 Å². The smallest absolute Gasteiger partial charge is 0.197 e. The fourth-order valence-corrected chi connectivity index (χ4v) is 3.02. The van der Waals surface area contributed by atoms with E-state index in [-0.39, 0.29) is 12.1 Å². The summed E-state index contributed by atoms with van der Waals surface area (Å²) >= 11 is 0. The molecule has 0 fully saturated rings. The van der Waals surface area contributed by atoms with Crippen molar-refractivity contribution in [3.8, 4) is 0 Å². The van der Waals surface area contributed by atoms with Gasteiger partial charge in [-0.25, -0.2) is 0 Å². The molecule has 0 aromatic heterocycles. The highest BCUT2D eigenvalue weighted by molar-refractivity contribution is 5.50. The first kappa shape index (κ1) is 13.3. The van der Waals surface area contributed by atoms with Gasteiger partial charge in [0.25, 0.3) is 0 Å². The number of fused-ring (bicyclic) bond motifs is 1. The molecular formula is C16H21NO3. The molecule has 4 nitrogen and oxygen atoms in total. The molecule has 0 radical (unpaired) electrons. The zero-order valence-corrected chi connectivity index (χ0v) is 12.4. The second-order valence-electron chi connectivity index (χ2n) is 6.04. The standard InChI is InChI=1S/C16H21NO3/c1-16(2,18)13-9-11-14(19-4)10-7-5-6-8-12(10)17(3)15(11)20-13/h5-8,12-13,18H,9H2,1-4H3. The van der Waals surface area contributed by atoms with E-state index in [0.29, 0.717) is 6.42 Å². The van der Waals surface area contributed by atoms with Crippen molar-refractivity contribution in [1.29, 1.82) is 0 Å². The third-order valence-corrected chi connectivity index (χ3v) is 4.17. The van der Waals surface area contributed by atoms with Crippen LogP contribution in [0.4, 0.5) is 0 Å². The number of hydrogen-bond donors (Lipinski definition) is 1. The highest BCUT2D eigenvalue weighted by atomic mass is 16.5. The Kier molecular flexibility index (Phi) is 2.94. The average Bonchev–Trinajstić information content (AvgIpc) is 2.85. The summed E-state index contributed by atoms with van der Waals surface area (Å²) in [7, 11) is 3.71. The van der Waals surface area contributed by atoms with Gasteiger partial charge in [0.2, 0.25) is 0 Å². The Labute approximate surface area is 119 Å². The topological polar surface area (TPSA) is 41.9 Å². The minimum absolute atomic E-state index is 0.134. The Morgan fingerprint density at radius 3 is 2.80 bits per heavy atom. The molecule has 0 amide bonds. The number of ether oxygens (including phenoxy) is 2. The van der Waals surface area contributed by atoms with E-state index in [1.807, 2.05) is 19.2 Å². The van der Waals surface area contributed by atoms with E-state index >= 15 is 0 Å². The van der Waals surface area contributed by atoms with Crippen molar-refractivity contribution >= 4 is 0 Å². The average molecular weight is 275 g/mol. The molecule has 3 rings (SSSR count). The van der Waals surface area contributed by atoms with E-state index in [9.17, 15) is 5.11 Å². The van der Waals surface area contributed by atoms with Gasteiger partial charge in [-0.3, -0.25) is 0 Å². The maximum absolute atomic E-state index is 10.2. The van der Waals surface area contributed by atoms with Gasteiger partial charge in [0.15, 0.2) is 5.88 Å². The van der Waals surface area contributed by atoms with Crippen LogP contribution in [-0.4, -0.2) is 41.9 Å². The predicted octanol–water partition coefficient (Wildman–Crippen LogP) is 2.10. The molecule has 2 aliphatic heterocycles. The van der Waals surface area contributed by atoms with Crippen LogP contribution >= 0.6 is 0 Å². The molecule has 0 saturated carbocycles. The van der Waals surface area contributed by atoms with E-state index in [4.69, 9.17) is 9.47 Å². The van der Waals surface area contributed by atoms with Gasteiger partial charge in [-0.05, 0) is 13.8 Å². The van der Waals surface area contributed by atoms with Crippen LogP contribution in [-0.2, 0) is 9.47 Å². The number of nitrogens with zero attached hydrogens (tertiary/aromatic N) is 1. The Bertz CT molecular complexity index is 549. The lowest BCUT2D eigenvalue weighted by atomic mass is 9.90. The van der Waals surface area contributed by atoms with Crippen molar-refractivity contribution in [3.63, 3.8) is 0 Å². The summed E-state index contributed by atoms with van der Waals surface area (Å²) < 4.78 is 11.6. The number of rotatable bonds is 2. The third kappa shape index (κ3) is 1.86. The lowest BCUT2D eigenvalue weighted by Crippen LogP contribution is -2.38. The van der Waals surface area contributed by atoms with Crippen molar-refractivity contribution < 1.29 is 14.6 Å². The SMILES string of the molecule is COC1=C2C=CC=CC2N(C)C2=C1CC(C(C)(C)O)O2. The molecule has 0 aromatic carbocycles. The summed E-state index contributed by atoms with van der Waals surface area (Å²) in [5, 5.41) is 10.2. The third-order valence-electron chi connectivity index (χ3n) is 4.17. The van der Waals surface area contributed by atoms with E-state index in [0.717, 1.165) is 22.8 Å².